The lowest BCUT2D eigenvalue weighted by Gasteiger charge is -2.05. The molecule has 3 N–H and O–H groups in total. The van der Waals surface area contributed by atoms with Crippen LogP contribution in [0.4, 0.5) is 4.79 Å². The van der Waals surface area contributed by atoms with Gasteiger partial charge in [-0.1, -0.05) is 23.7 Å². The highest BCUT2D eigenvalue weighted by Crippen LogP contribution is 2.10. The fraction of sp³-hybridized carbons (Fsp3) is 0.250. The van der Waals surface area contributed by atoms with Gasteiger partial charge in [0.1, 0.15) is 0 Å². The van der Waals surface area contributed by atoms with Crippen LogP contribution >= 0.6 is 11.6 Å². The van der Waals surface area contributed by atoms with E-state index in [4.69, 9.17) is 16.7 Å². The normalized spacial score (nSPS) is 12.4. The third-order valence-corrected chi connectivity index (χ3v) is 2.17. The Balaban J connectivity index is 2.34. The molecular weight excluding hydrogens is 240 g/mol. The van der Waals surface area contributed by atoms with Crippen LogP contribution in [0.5, 0.6) is 0 Å². The van der Waals surface area contributed by atoms with E-state index in [1.165, 1.54) is 6.20 Å². The first-order valence-corrected chi connectivity index (χ1v) is 5.60. The molecule has 1 unspecified atom stereocenters. The molecule has 0 aliphatic rings. The van der Waals surface area contributed by atoms with Crippen molar-refractivity contribution in [3.63, 3.8) is 0 Å². The number of rotatable bonds is 4. The highest BCUT2D eigenvalue weighted by atomic mass is 35.5. The van der Waals surface area contributed by atoms with Crippen molar-refractivity contribution in [2.45, 2.75) is 13.0 Å². The van der Waals surface area contributed by atoms with Crippen LogP contribution in [0.15, 0.2) is 30.5 Å². The molecule has 0 aliphatic carbocycles. The van der Waals surface area contributed by atoms with Crippen molar-refractivity contribution < 1.29 is 9.90 Å². The number of halogens is 1. The van der Waals surface area contributed by atoms with E-state index in [1.807, 2.05) is 12.1 Å². The summed E-state index contributed by atoms with van der Waals surface area (Å²) in [6.07, 6.45) is 2.72. The van der Waals surface area contributed by atoms with Gasteiger partial charge in [0, 0.05) is 17.8 Å². The number of carbonyl (C=O) groups excluding carboxylic acids is 1. The molecule has 17 heavy (non-hydrogen) atoms. The predicted octanol–water partition coefficient (Wildman–Crippen LogP) is 1.99. The summed E-state index contributed by atoms with van der Waals surface area (Å²) in [5.41, 5.74) is 0.935. The van der Waals surface area contributed by atoms with Crippen LogP contribution in [0.25, 0.3) is 6.08 Å². The molecule has 2 amide bonds. The molecule has 0 heterocycles. The van der Waals surface area contributed by atoms with Crippen LogP contribution in [-0.4, -0.2) is 23.8 Å². The highest BCUT2D eigenvalue weighted by molar-refractivity contribution is 6.30. The molecule has 0 spiro atoms. The molecule has 1 rings (SSSR count). The topological polar surface area (TPSA) is 61.4 Å². The number of hydrogen-bond acceptors (Lipinski definition) is 2. The molecule has 4 nitrogen and oxygen atoms in total. The van der Waals surface area contributed by atoms with Gasteiger partial charge in [-0.3, -0.25) is 0 Å². The lowest BCUT2D eigenvalue weighted by atomic mass is 10.2. The van der Waals surface area contributed by atoms with Crippen molar-refractivity contribution in [3.8, 4) is 0 Å². The molecule has 0 saturated carbocycles. The van der Waals surface area contributed by atoms with Gasteiger partial charge in [0.25, 0.3) is 0 Å². The minimum Gasteiger partial charge on any atom is -0.392 e. The van der Waals surface area contributed by atoms with Gasteiger partial charge in [-0.25, -0.2) is 4.79 Å². The van der Waals surface area contributed by atoms with Gasteiger partial charge >= 0.3 is 6.03 Å². The molecule has 0 aliphatic heterocycles. The van der Waals surface area contributed by atoms with Gasteiger partial charge in [-0.05, 0) is 30.7 Å². The number of urea groups is 1. The molecule has 5 heteroatoms. The second kappa shape index (κ2) is 6.93. The van der Waals surface area contributed by atoms with E-state index in [1.54, 1.807) is 25.1 Å². The molecule has 0 radical (unpaired) electrons. The van der Waals surface area contributed by atoms with Crippen molar-refractivity contribution in [2.24, 2.45) is 0 Å². The molecule has 0 fully saturated rings. The molecule has 0 bridgehead atoms. The fourth-order valence-corrected chi connectivity index (χ4v) is 1.20. The van der Waals surface area contributed by atoms with Crippen molar-refractivity contribution in [1.82, 2.24) is 10.6 Å². The lowest BCUT2D eigenvalue weighted by molar-refractivity contribution is 0.188. The van der Waals surface area contributed by atoms with E-state index in [-0.39, 0.29) is 12.6 Å². The maximum Gasteiger partial charge on any atom is 0.318 e. The Morgan fingerprint density at radius 2 is 2.12 bits per heavy atom. The first kappa shape index (κ1) is 13.5. The summed E-state index contributed by atoms with van der Waals surface area (Å²) in [4.78, 5) is 11.2. The van der Waals surface area contributed by atoms with Crippen LogP contribution in [0.2, 0.25) is 5.02 Å². The van der Waals surface area contributed by atoms with E-state index >= 15 is 0 Å². The quantitative estimate of drug-likeness (QED) is 0.770. The van der Waals surface area contributed by atoms with E-state index in [0.717, 1.165) is 5.56 Å². The van der Waals surface area contributed by atoms with Crippen LogP contribution in [0, 0.1) is 0 Å². The Bertz CT molecular complexity index is 388. The molecule has 92 valence electrons. The molecule has 1 aromatic carbocycles. The zero-order valence-electron chi connectivity index (χ0n) is 9.48. The number of benzene rings is 1. The summed E-state index contributed by atoms with van der Waals surface area (Å²) in [7, 11) is 0. The third kappa shape index (κ3) is 5.94. The Morgan fingerprint density at radius 3 is 2.71 bits per heavy atom. The summed E-state index contributed by atoms with van der Waals surface area (Å²) >= 11 is 5.74. The second-order valence-electron chi connectivity index (χ2n) is 3.59. The Labute approximate surface area is 105 Å². The maximum absolute atomic E-state index is 11.2. The number of aliphatic hydroxyl groups is 1. The summed E-state index contributed by atoms with van der Waals surface area (Å²) in [5, 5.41) is 14.7. The predicted molar refractivity (Wildman–Crippen MR) is 68.7 cm³/mol. The number of aliphatic hydroxyl groups excluding tert-OH is 1. The summed E-state index contributed by atoms with van der Waals surface area (Å²) in [6, 6.07) is 6.88. The lowest BCUT2D eigenvalue weighted by Crippen LogP contribution is -2.36. The average molecular weight is 255 g/mol. The molecular formula is C12H15ClN2O2. The summed E-state index contributed by atoms with van der Waals surface area (Å²) in [5.74, 6) is 0. The second-order valence-corrected chi connectivity index (χ2v) is 4.02. The van der Waals surface area contributed by atoms with Gasteiger partial charge in [0.2, 0.25) is 0 Å². The van der Waals surface area contributed by atoms with Gasteiger partial charge in [0.15, 0.2) is 0 Å². The first-order chi connectivity index (χ1) is 8.08. The Morgan fingerprint density at radius 1 is 1.47 bits per heavy atom. The standard InChI is InChI=1S/C12H15ClN2O2/c1-9(16)8-15-12(17)14-7-6-10-2-4-11(13)5-3-10/h2-7,9,16H,8H2,1H3,(H2,14,15,17)/b7-6+. The van der Waals surface area contributed by atoms with Crippen LogP contribution in [0.1, 0.15) is 12.5 Å². The maximum atomic E-state index is 11.2. The largest absolute Gasteiger partial charge is 0.392 e. The van der Waals surface area contributed by atoms with Crippen LogP contribution in [0.3, 0.4) is 0 Å². The van der Waals surface area contributed by atoms with Crippen molar-refractivity contribution in [3.05, 3.63) is 41.1 Å². The van der Waals surface area contributed by atoms with E-state index in [9.17, 15) is 4.79 Å². The minimum absolute atomic E-state index is 0.223. The fourth-order valence-electron chi connectivity index (χ4n) is 1.08. The van der Waals surface area contributed by atoms with Gasteiger partial charge in [0.05, 0.1) is 6.10 Å². The van der Waals surface area contributed by atoms with Crippen LogP contribution < -0.4 is 10.6 Å². The smallest absolute Gasteiger partial charge is 0.318 e. The molecule has 0 saturated heterocycles. The number of nitrogens with one attached hydrogen (secondary N) is 2. The Hall–Kier alpha value is -1.52. The Kier molecular flexibility index (Phi) is 5.52. The van der Waals surface area contributed by atoms with Gasteiger partial charge in [-0.15, -0.1) is 0 Å². The van der Waals surface area contributed by atoms with E-state index in [2.05, 4.69) is 10.6 Å². The van der Waals surface area contributed by atoms with Crippen molar-refractivity contribution in [1.29, 1.82) is 0 Å². The third-order valence-electron chi connectivity index (χ3n) is 1.92. The minimum atomic E-state index is -0.555. The summed E-state index contributed by atoms with van der Waals surface area (Å²) in [6.45, 7) is 1.82. The van der Waals surface area contributed by atoms with Gasteiger partial charge in [-0.2, -0.15) is 0 Å². The number of amides is 2. The number of hydrogen-bond donors (Lipinski definition) is 3. The highest BCUT2D eigenvalue weighted by Gasteiger charge is 1.98. The van der Waals surface area contributed by atoms with Crippen LogP contribution in [-0.2, 0) is 0 Å². The van der Waals surface area contributed by atoms with E-state index < -0.39 is 6.10 Å². The van der Waals surface area contributed by atoms with E-state index in [0.29, 0.717) is 5.02 Å². The molecule has 1 aromatic rings. The molecule has 1 atom stereocenters. The zero-order chi connectivity index (χ0) is 12.7. The van der Waals surface area contributed by atoms with Crippen molar-refractivity contribution >= 4 is 23.7 Å². The van der Waals surface area contributed by atoms with Crippen molar-refractivity contribution in [2.75, 3.05) is 6.54 Å². The zero-order valence-corrected chi connectivity index (χ0v) is 10.2. The molecule has 0 aromatic heterocycles. The first-order valence-electron chi connectivity index (χ1n) is 5.22. The average Bonchev–Trinajstić information content (AvgIpc) is 2.29. The SMILES string of the molecule is CC(O)CNC(=O)N/C=C/c1ccc(Cl)cc1. The number of carbonyl (C=O) groups is 1. The monoisotopic (exact) mass is 254 g/mol. The summed E-state index contributed by atoms with van der Waals surface area (Å²) < 4.78 is 0. The van der Waals surface area contributed by atoms with Gasteiger partial charge < -0.3 is 15.7 Å².